The average molecular weight is 274 g/mol. The molecule has 5 heteroatoms. The van der Waals surface area contributed by atoms with Gasteiger partial charge in [0.25, 0.3) is 5.91 Å². The number of amides is 2. The number of likely N-dealkylation sites (N-methyl/N-ethyl adjacent to an activating group) is 1. The minimum Gasteiger partial charge on any atom is -0.384 e. The van der Waals surface area contributed by atoms with Gasteiger partial charge in [0.2, 0.25) is 5.91 Å². The number of carbonyl (C=O) groups excluding carboxylic acids is 2. The number of aliphatic hydroxyl groups excluding tert-OH is 1. The van der Waals surface area contributed by atoms with E-state index in [1.165, 1.54) is 4.90 Å². The van der Waals surface area contributed by atoms with Gasteiger partial charge in [0.15, 0.2) is 0 Å². The van der Waals surface area contributed by atoms with E-state index in [-0.39, 0.29) is 19.1 Å². The van der Waals surface area contributed by atoms with Crippen molar-refractivity contribution in [1.82, 2.24) is 4.90 Å². The van der Waals surface area contributed by atoms with Crippen molar-refractivity contribution in [3.63, 3.8) is 0 Å². The van der Waals surface area contributed by atoms with E-state index in [0.717, 1.165) is 5.56 Å². The molecule has 0 aliphatic carbocycles. The molecule has 0 heterocycles. The molecule has 0 aliphatic heterocycles. The Labute approximate surface area is 118 Å². The van der Waals surface area contributed by atoms with Gasteiger partial charge in [-0.05, 0) is 31.5 Å². The van der Waals surface area contributed by atoms with Crippen LogP contribution >= 0.6 is 0 Å². The number of rotatable bonds is 4. The molecule has 0 aliphatic rings. The first-order valence-corrected chi connectivity index (χ1v) is 6.28. The maximum absolute atomic E-state index is 12.4. The number of benzene rings is 1. The van der Waals surface area contributed by atoms with Crippen LogP contribution in [-0.2, 0) is 4.79 Å². The summed E-state index contributed by atoms with van der Waals surface area (Å²) in [6, 6.07) is 5.18. The quantitative estimate of drug-likeness (QED) is 0.774. The number of primary amides is 1. The Morgan fingerprint density at radius 1 is 1.40 bits per heavy atom. The molecular weight excluding hydrogens is 256 g/mol. The zero-order valence-corrected chi connectivity index (χ0v) is 11.6. The van der Waals surface area contributed by atoms with Crippen molar-refractivity contribution in [2.75, 3.05) is 19.7 Å². The van der Waals surface area contributed by atoms with E-state index in [4.69, 9.17) is 10.8 Å². The molecule has 0 radical (unpaired) electrons. The van der Waals surface area contributed by atoms with Crippen LogP contribution in [0.25, 0.3) is 0 Å². The van der Waals surface area contributed by atoms with Gasteiger partial charge in [-0.15, -0.1) is 0 Å². The van der Waals surface area contributed by atoms with Gasteiger partial charge in [0, 0.05) is 17.7 Å². The highest BCUT2D eigenvalue weighted by molar-refractivity contribution is 5.98. The largest absolute Gasteiger partial charge is 0.384 e. The molecule has 1 aromatic carbocycles. The fraction of sp³-hybridized carbons (Fsp3) is 0.333. The molecule has 0 atom stereocenters. The van der Waals surface area contributed by atoms with Crippen LogP contribution in [0.3, 0.4) is 0 Å². The molecule has 1 aromatic rings. The summed E-state index contributed by atoms with van der Waals surface area (Å²) < 4.78 is 0. The first kappa shape index (κ1) is 15.7. The van der Waals surface area contributed by atoms with Crippen molar-refractivity contribution in [3.8, 4) is 11.8 Å². The zero-order chi connectivity index (χ0) is 15.1. The summed E-state index contributed by atoms with van der Waals surface area (Å²) >= 11 is 0. The van der Waals surface area contributed by atoms with Crippen LogP contribution in [0.5, 0.6) is 0 Å². The average Bonchev–Trinajstić information content (AvgIpc) is 2.42. The number of nitrogens with zero attached hydrogens (tertiary/aromatic N) is 1. The lowest BCUT2D eigenvalue weighted by Crippen LogP contribution is -2.38. The number of aliphatic hydroxyl groups is 1. The molecule has 3 N–H and O–H groups in total. The van der Waals surface area contributed by atoms with Gasteiger partial charge in [-0.1, -0.05) is 17.9 Å². The lowest BCUT2D eigenvalue weighted by molar-refractivity contribution is -0.118. The molecule has 0 spiro atoms. The third-order valence-electron chi connectivity index (χ3n) is 2.88. The number of carbonyl (C=O) groups is 2. The molecule has 0 saturated carbocycles. The first-order valence-electron chi connectivity index (χ1n) is 6.28. The number of hydrogen-bond acceptors (Lipinski definition) is 3. The van der Waals surface area contributed by atoms with Crippen LogP contribution in [0.1, 0.15) is 28.4 Å². The van der Waals surface area contributed by atoms with E-state index in [0.29, 0.717) is 17.7 Å². The van der Waals surface area contributed by atoms with E-state index in [1.807, 2.05) is 0 Å². The Morgan fingerprint density at radius 3 is 2.65 bits per heavy atom. The zero-order valence-electron chi connectivity index (χ0n) is 11.6. The van der Waals surface area contributed by atoms with Crippen molar-refractivity contribution in [2.45, 2.75) is 13.8 Å². The fourth-order valence-corrected chi connectivity index (χ4v) is 1.82. The van der Waals surface area contributed by atoms with Crippen LogP contribution in [0.15, 0.2) is 18.2 Å². The SMILES string of the molecule is CCN(CC(N)=O)C(=O)c1cccc(C#CCO)c1C. The fourth-order valence-electron chi connectivity index (χ4n) is 1.82. The minimum atomic E-state index is -0.547. The van der Waals surface area contributed by atoms with Gasteiger partial charge < -0.3 is 15.7 Å². The van der Waals surface area contributed by atoms with Crippen LogP contribution in [-0.4, -0.2) is 41.5 Å². The predicted molar refractivity (Wildman–Crippen MR) is 75.9 cm³/mol. The topological polar surface area (TPSA) is 83.6 Å². The highest BCUT2D eigenvalue weighted by Crippen LogP contribution is 2.15. The van der Waals surface area contributed by atoms with E-state index in [9.17, 15) is 9.59 Å². The van der Waals surface area contributed by atoms with Crippen LogP contribution < -0.4 is 5.73 Å². The van der Waals surface area contributed by atoms with E-state index in [2.05, 4.69) is 11.8 Å². The second-order valence-electron chi connectivity index (χ2n) is 4.22. The van der Waals surface area contributed by atoms with Gasteiger partial charge in [0.05, 0.1) is 6.54 Å². The van der Waals surface area contributed by atoms with Gasteiger partial charge in [-0.3, -0.25) is 9.59 Å². The van der Waals surface area contributed by atoms with Crippen molar-refractivity contribution >= 4 is 11.8 Å². The molecular formula is C15H18N2O3. The van der Waals surface area contributed by atoms with Crippen LogP contribution in [0.2, 0.25) is 0 Å². The molecule has 106 valence electrons. The molecule has 20 heavy (non-hydrogen) atoms. The van der Waals surface area contributed by atoms with Crippen LogP contribution in [0.4, 0.5) is 0 Å². The number of hydrogen-bond donors (Lipinski definition) is 2. The normalized spacial score (nSPS) is 9.55. The van der Waals surface area contributed by atoms with E-state index in [1.54, 1.807) is 32.0 Å². The second kappa shape index (κ2) is 7.31. The molecule has 2 amide bonds. The Kier molecular flexibility index (Phi) is 5.75. The first-order chi connectivity index (χ1) is 9.51. The van der Waals surface area contributed by atoms with Crippen molar-refractivity contribution in [3.05, 3.63) is 34.9 Å². The molecule has 0 saturated heterocycles. The van der Waals surface area contributed by atoms with E-state index < -0.39 is 5.91 Å². The maximum Gasteiger partial charge on any atom is 0.254 e. The second-order valence-corrected chi connectivity index (χ2v) is 4.22. The summed E-state index contributed by atoms with van der Waals surface area (Å²) in [5.74, 6) is 4.55. The molecule has 0 fully saturated rings. The Morgan fingerprint density at radius 2 is 2.10 bits per heavy atom. The predicted octanol–water partition coefficient (Wildman–Crippen LogP) is 0.286. The monoisotopic (exact) mass is 274 g/mol. The van der Waals surface area contributed by atoms with Crippen molar-refractivity contribution in [1.29, 1.82) is 0 Å². The molecule has 0 aromatic heterocycles. The highest BCUT2D eigenvalue weighted by Gasteiger charge is 2.18. The molecule has 5 nitrogen and oxygen atoms in total. The Balaban J connectivity index is 3.12. The highest BCUT2D eigenvalue weighted by atomic mass is 16.2. The molecule has 1 rings (SSSR count). The summed E-state index contributed by atoms with van der Waals surface area (Å²) in [7, 11) is 0. The summed E-state index contributed by atoms with van der Waals surface area (Å²) in [6.45, 7) is 3.62. The molecule has 0 bridgehead atoms. The Bertz CT molecular complexity index is 570. The van der Waals surface area contributed by atoms with Crippen molar-refractivity contribution in [2.24, 2.45) is 5.73 Å². The van der Waals surface area contributed by atoms with Gasteiger partial charge in [-0.2, -0.15) is 0 Å². The van der Waals surface area contributed by atoms with Gasteiger partial charge in [-0.25, -0.2) is 0 Å². The summed E-state index contributed by atoms with van der Waals surface area (Å²) in [6.07, 6.45) is 0. The van der Waals surface area contributed by atoms with Crippen molar-refractivity contribution < 1.29 is 14.7 Å². The van der Waals surface area contributed by atoms with E-state index >= 15 is 0 Å². The van der Waals surface area contributed by atoms with Gasteiger partial charge >= 0.3 is 0 Å². The van der Waals surface area contributed by atoms with Gasteiger partial charge in [0.1, 0.15) is 6.61 Å². The standard InChI is InChI=1S/C15H18N2O3/c1-3-17(10-14(16)19)15(20)13-8-4-6-12(11(13)2)7-5-9-18/h4,6,8,18H,3,9-10H2,1-2H3,(H2,16,19). The minimum absolute atomic E-state index is 0.110. The lowest BCUT2D eigenvalue weighted by atomic mass is 10.0. The third kappa shape index (κ3) is 3.84. The maximum atomic E-state index is 12.4. The summed E-state index contributed by atoms with van der Waals surface area (Å²) in [4.78, 5) is 24.7. The molecule has 0 unspecified atom stereocenters. The lowest BCUT2D eigenvalue weighted by Gasteiger charge is -2.20. The van der Waals surface area contributed by atoms with Crippen LogP contribution in [0, 0.1) is 18.8 Å². The third-order valence-corrected chi connectivity index (χ3v) is 2.88. The summed E-state index contributed by atoms with van der Waals surface area (Å²) in [5.41, 5.74) is 7.02. The smallest absolute Gasteiger partial charge is 0.254 e. The Hall–Kier alpha value is -2.32. The number of nitrogens with two attached hydrogens (primary N) is 1. The summed E-state index contributed by atoms with van der Waals surface area (Å²) in [5, 5.41) is 8.72.